The first-order valence-corrected chi connectivity index (χ1v) is 10.9. The van der Waals surface area contributed by atoms with Gasteiger partial charge in [-0.2, -0.15) is 26.3 Å². The second-order valence-corrected chi connectivity index (χ2v) is 7.99. The predicted octanol–water partition coefficient (Wildman–Crippen LogP) is 6.54. The smallest absolute Gasteiger partial charge is 0.573 e. The maximum Gasteiger partial charge on any atom is 2.00 e. The third-order valence-electron chi connectivity index (χ3n) is 5.49. The summed E-state index contributed by atoms with van der Waals surface area (Å²) in [5, 5.41) is 16.7. The zero-order valence-corrected chi connectivity index (χ0v) is 21.6. The van der Waals surface area contributed by atoms with Crippen molar-refractivity contribution in [1.29, 1.82) is 0 Å². The molecule has 0 bridgehead atoms. The number of benzene rings is 2. The molecule has 0 amide bonds. The van der Waals surface area contributed by atoms with Crippen LogP contribution in [-0.4, -0.2) is 20.2 Å². The summed E-state index contributed by atoms with van der Waals surface area (Å²) in [6.07, 6.45) is -5.90. The van der Waals surface area contributed by atoms with Crippen molar-refractivity contribution >= 4 is 21.5 Å². The Morgan fingerprint density at radius 1 is 0.538 bits per heavy atom. The normalized spacial score (nSPS) is 11.6. The molecule has 4 aromatic heterocycles. The summed E-state index contributed by atoms with van der Waals surface area (Å²) in [4.78, 5) is 8.21. The monoisotopic (exact) mass is 719 g/mol. The number of alkyl halides is 6. The van der Waals surface area contributed by atoms with Crippen LogP contribution in [0.1, 0.15) is 11.4 Å². The first-order chi connectivity index (χ1) is 18.1. The summed E-state index contributed by atoms with van der Waals surface area (Å²) in [5.74, 6) is 0. The maximum absolute atomic E-state index is 12.5. The molecule has 6 aromatic rings. The number of pyridine rings is 2. The van der Waals surface area contributed by atoms with Gasteiger partial charge < -0.3 is 20.4 Å². The first kappa shape index (κ1) is 28.0. The molecule has 0 atom stereocenters. The van der Waals surface area contributed by atoms with E-state index in [4.69, 9.17) is 0 Å². The van der Waals surface area contributed by atoms with Crippen LogP contribution in [0.3, 0.4) is 0 Å². The topological polar surface area (TPSA) is 79.8 Å². The van der Waals surface area contributed by atoms with Crippen LogP contribution in [0.5, 0.6) is 0 Å². The number of fused-ring (bicyclic) bond motifs is 2. The van der Waals surface area contributed by atoms with E-state index in [9.17, 15) is 26.3 Å². The van der Waals surface area contributed by atoms with Crippen molar-refractivity contribution < 1.29 is 47.4 Å². The van der Waals surface area contributed by atoms with Gasteiger partial charge >= 0.3 is 33.4 Å². The van der Waals surface area contributed by atoms with Gasteiger partial charge in [0.05, 0.1) is 11.4 Å². The molecule has 0 radical (unpaired) electrons. The Kier molecular flexibility index (Phi) is 7.87. The summed E-state index contributed by atoms with van der Waals surface area (Å²) in [7, 11) is 0. The average Bonchev–Trinajstić information content (AvgIpc) is 3.59. The van der Waals surface area contributed by atoms with Gasteiger partial charge in [-0.3, -0.25) is 9.97 Å². The van der Waals surface area contributed by atoms with Gasteiger partial charge in [0.15, 0.2) is 0 Å². The van der Waals surface area contributed by atoms with Crippen LogP contribution < -0.4 is 10.2 Å². The molecule has 200 valence electrons. The van der Waals surface area contributed by atoms with Crippen LogP contribution in [0.15, 0.2) is 85.2 Å². The van der Waals surface area contributed by atoms with Crippen molar-refractivity contribution in [1.82, 2.24) is 30.4 Å². The van der Waals surface area contributed by atoms with Crippen molar-refractivity contribution in [3.63, 3.8) is 0 Å². The van der Waals surface area contributed by atoms with Gasteiger partial charge in [0.2, 0.25) is 0 Å². The van der Waals surface area contributed by atoms with Gasteiger partial charge in [0.25, 0.3) is 0 Å². The Balaban J connectivity index is 0.000000176. The molecule has 0 N–H and O–H groups in total. The number of halogens is 6. The molecule has 0 aliphatic heterocycles. The Labute approximate surface area is 230 Å². The molecular weight excluding hydrogens is 705 g/mol. The molecule has 6 nitrogen and oxygen atoms in total. The summed E-state index contributed by atoms with van der Waals surface area (Å²) >= 11 is 0. The molecular formula is C26H14F6N6Pt. The fraction of sp³-hybridized carbons (Fsp3) is 0.0769. The van der Waals surface area contributed by atoms with E-state index < -0.39 is 23.7 Å². The minimum absolute atomic E-state index is 0. The molecule has 0 unspecified atom stereocenters. The summed E-state index contributed by atoms with van der Waals surface area (Å²) in [6, 6.07) is 20.0. The zero-order valence-electron chi connectivity index (χ0n) is 19.4. The van der Waals surface area contributed by atoms with Crippen LogP contribution >= 0.6 is 0 Å². The number of rotatable bonds is 2. The third-order valence-corrected chi connectivity index (χ3v) is 5.49. The van der Waals surface area contributed by atoms with Gasteiger partial charge in [-0.05, 0) is 35.0 Å². The van der Waals surface area contributed by atoms with E-state index >= 15 is 0 Å². The molecule has 0 saturated carbocycles. The molecule has 4 heterocycles. The van der Waals surface area contributed by atoms with Gasteiger partial charge in [0.1, 0.15) is 11.4 Å². The van der Waals surface area contributed by atoms with Crippen molar-refractivity contribution in [3.8, 4) is 22.8 Å². The number of hydrogen-bond donors (Lipinski definition) is 0. The zero-order chi connectivity index (χ0) is 26.9. The number of hydrogen-bond acceptors (Lipinski definition) is 4. The standard InChI is InChI=1S/2C13H7F3N3.Pt/c2*14-13(15,16)11-7-10(18-19-11)12-9-4-2-1-3-8(9)5-6-17-12;/h2*1-7H;/q2*-1;+2. The second-order valence-electron chi connectivity index (χ2n) is 7.99. The SMILES string of the molecule is FC(F)(F)c1cc(-c2nccc3ccccc23)[n-]n1.FC(F)(F)c1cc(-c2nccc3ccccc23)[n-]n1.[Pt+2]. The van der Waals surface area contributed by atoms with Crippen molar-refractivity contribution in [2.24, 2.45) is 0 Å². The van der Waals surface area contributed by atoms with E-state index in [2.05, 4.69) is 30.4 Å². The molecule has 2 aromatic carbocycles. The molecule has 0 aliphatic carbocycles. The van der Waals surface area contributed by atoms with Crippen LogP contribution in [0, 0.1) is 0 Å². The average molecular weight is 720 g/mol. The van der Waals surface area contributed by atoms with E-state index in [0.29, 0.717) is 11.4 Å². The minimum Gasteiger partial charge on any atom is -0.573 e. The first-order valence-electron chi connectivity index (χ1n) is 10.9. The predicted molar refractivity (Wildman–Crippen MR) is 127 cm³/mol. The Morgan fingerprint density at radius 3 is 1.28 bits per heavy atom. The van der Waals surface area contributed by atoms with E-state index in [1.165, 1.54) is 0 Å². The Bertz CT molecular complexity index is 1590. The van der Waals surface area contributed by atoms with E-state index in [-0.39, 0.29) is 32.5 Å². The molecule has 13 heteroatoms. The molecule has 0 spiro atoms. The Morgan fingerprint density at radius 2 is 0.923 bits per heavy atom. The Hall–Kier alpha value is -4.05. The number of nitrogens with zero attached hydrogens (tertiary/aromatic N) is 6. The van der Waals surface area contributed by atoms with Gasteiger partial charge in [-0.15, -0.1) is 0 Å². The molecule has 0 aliphatic rings. The largest absolute Gasteiger partial charge is 2.00 e. The van der Waals surface area contributed by atoms with Gasteiger partial charge in [0, 0.05) is 23.2 Å². The van der Waals surface area contributed by atoms with Crippen LogP contribution in [0.25, 0.3) is 44.3 Å². The van der Waals surface area contributed by atoms with E-state index in [1.54, 1.807) is 48.8 Å². The second kappa shape index (κ2) is 11.0. The maximum atomic E-state index is 12.5. The van der Waals surface area contributed by atoms with Gasteiger partial charge in [-0.25, -0.2) is 0 Å². The molecule has 6 rings (SSSR count). The van der Waals surface area contributed by atoms with Gasteiger partial charge in [-0.1, -0.05) is 59.9 Å². The van der Waals surface area contributed by atoms with Crippen molar-refractivity contribution in [2.45, 2.75) is 12.4 Å². The molecule has 0 fully saturated rings. The van der Waals surface area contributed by atoms with Crippen LogP contribution in [0.4, 0.5) is 26.3 Å². The van der Waals surface area contributed by atoms with Crippen LogP contribution in [0.2, 0.25) is 0 Å². The van der Waals surface area contributed by atoms with Crippen LogP contribution in [-0.2, 0) is 33.4 Å². The quantitative estimate of drug-likeness (QED) is 0.189. The molecule has 39 heavy (non-hydrogen) atoms. The fourth-order valence-electron chi connectivity index (χ4n) is 3.75. The third kappa shape index (κ3) is 6.01. The summed E-state index contributed by atoms with van der Waals surface area (Å²) < 4.78 is 75.0. The summed E-state index contributed by atoms with van der Waals surface area (Å²) in [5.41, 5.74) is -0.940. The molecule has 0 saturated heterocycles. The fourth-order valence-corrected chi connectivity index (χ4v) is 3.75. The minimum atomic E-state index is -4.49. The number of aromatic nitrogens is 6. The van der Waals surface area contributed by atoms with E-state index in [0.717, 1.165) is 33.7 Å². The van der Waals surface area contributed by atoms with E-state index in [1.807, 2.05) is 24.3 Å². The summed E-state index contributed by atoms with van der Waals surface area (Å²) in [6.45, 7) is 0. The van der Waals surface area contributed by atoms with Crippen molar-refractivity contribution in [3.05, 3.63) is 96.6 Å². The van der Waals surface area contributed by atoms with Crippen molar-refractivity contribution in [2.75, 3.05) is 0 Å².